The van der Waals surface area contributed by atoms with Crippen LogP contribution < -0.4 is 10.6 Å². The Hall–Kier alpha value is -3.82. The molecule has 176 valence electrons. The first-order valence-corrected chi connectivity index (χ1v) is 11.4. The molecule has 2 N–H and O–H groups in total. The molecule has 0 spiro atoms. The molecule has 2 aromatic heterocycles. The van der Waals surface area contributed by atoms with Crippen molar-refractivity contribution < 1.29 is 27.2 Å². The molecule has 5 aromatic rings. The van der Waals surface area contributed by atoms with Crippen LogP contribution in [0.1, 0.15) is 25.8 Å². The van der Waals surface area contributed by atoms with Gasteiger partial charge in [-0.1, -0.05) is 48.0 Å². The van der Waals surface area contributed by atoms with E-state index in [-0.39, 0.29) is 27.0 Å². The number of halogens is 4. The first-order chi connectivity index (χ1) is 16.7. The summed E-state index contributed by atoms with van der Waals surface area (Å²) in [6.45, 7) is 0. The summed E-state index contributed by atoms with van der Waals surface area (Å²) < 4.78 is 45.7. The van der Waals surface area contributed by atoms with E-state index in [1.165, 1.54) is 23.5 Å². The van der Waals surface area contributed by atoms with Crippen LogP contribution in [-0.2, 0) is 6.18 Å². The lowest BCUT2D eigenvalue weighted by Crippen LogP contribution is -2.17. The van der Waals surface area contributed by atoms with Crippen LogP contribution in [0.25, 0.3) is 21.1 Å². The monoisotopic (exact) mass is 514 g/mol. The molecular formula is C25H14ClF3N2O3S. The topological polar surface area (TPSA) is 71.3 Å². The molecule has 0 radical (unpaired) electrons. The number of fused-ring (bicyclic) bond motifs is 2. The molecule has 0 aliphatic rings. The molecule has 0 aliphatic carbocycles. The maximum absolute atomic E-state index is 13.2. The standard InChI is InChI=1S/C25H14ClF3N2O3S/c26-19-16-9-2-4-11-18(16)35-22(19)24(33)31-20-15-8-1-3-10-17(15)34-21(20)23(32)30-14-7-5-6-13(12-14)25(27,28)29/h1-12H,(H,30,32)(H,31,33). The quantitative estimate of drug-likeness (QED) is 0.257. The predicted octanol–water partition coefficient (Wildman–Crippen LogP) is 7.82. The summed E-state index contributed by atoms with van der Waals surface area (Å²) in [5.74, 6) is -1.62. The average molecular weight is 515 g/mol. The Bertz CT molecular complexity index is 1610. The van der Waals surface area contributed by atoms with Gasteiger partial charge in [-0.25, -0.2) is 0 Å². The zero-order chi connectivity index (χ0) is 24.7. The van der Waals surface area contributed by atoms with Crippen molar-refractivity contribution in [3.8, 4) is 0 Å². The first-order valence-electron chi connectivity index (χ1n) is 10.2. The third-order valence-electron chi connectivity index (χ3n) is 5.23. The number of furan rings is 1. The van der Waals surface area contributed by atoms with Crippen LogP contribution in [0.2, 0.25) is 5.02 Å². The van der Waals surface area contributed by atoms with E-state index in [4.69, 9.17) is 16.0 Å². The maximum Gasteiger partial charge on any atom is 0.416 e. The van der Waals surface area contributed by atoms with Gasteiger partial charge in [0.25, 0.3) is 11.8 Å². The largest absolute Gasteiger partial charge is 0.449 e. The molecule has 0 aliphatic heterocycles. The van der Waals surface area contributed by atoms with Gasteiger partial charge in [-0.05, 0) is 36.4 Å². The van der Waals surface area contributed by atoms with E-state index in [0.717, 1.165) is 22.2 Å². The zero-order valence-corrected chi connectivity index (χ0v) is 19.1. The number of para-hydroxylation sites is 1. The van der Waals surface area contributed by atoms with Crippen molar-refractivity contribution in [3.63, 3.8) is 0 Å². The second-order valence-electron chi connectivity index (χ2n) is 7.53. The summed E-state index contributed by atoms with van der Waals surface area (Å²) in [6, 6.07) is 18.2. The molecule has 0 atom stereocenters. The summed E-state index contributed by atoms with van der Waals surface area (Å²) in [6.07, 6.45) is -4.57. The van der Waals surface area contributed by atoms with E-state index >= 15 is 0 Å². The number of benzene rings is 3. The summed E-state index contributed by atoms with van der Waals surface area (Å²) in [4.78, 5) is 26.4. The Balaban J connectivity index is 1.50. The molecule has 10 heteroatoms. The number of rotatable bonds is 4. The molecule has 0 unspecified atom stereocenters. The van der Waals surface area contributed by atoms with Gasteiger partial charge in [0.15, 0.2) is 0 Å². The van der Waals surface area contributed by atoms with Gasteiger partial charge in [0.05, 0.1) is 10.6 Å². The second-order valence-corrected chi connectivity index (χ2v) is 8.96. The summed E-state index contributed by atoms with van der Waals surface area (Å²) >= 11 is 7.62. The number of alkyl halides is 3. The van der Waals surface area contributed by atoms with E-state index in [2.05, 4.69) is 10.6 Å². The molecule has 35 heavy (non-hydrogen) atoms. The normalized spacial score (nSPS) is 11.7. The lowest BCUT2D eigenvalue weighted by molar-refractivity contribution is -0.137. The highest BCUT2D eigenvalue weighted by Crippen LogP contribution is 2.37. The van der Waals surface area contributed by atoms with Crippen molar-refractivity contribution in [2.24, 2.45) is 0 Å². The highest BCUT2D eigenvalue weighted by atomic mass is 35.5. The molecule has 5 nitrogen and oxygen atoms in total. The Labute approximate surface area is 205 Å². The van der Waals surface area contributed by atoms with E-state index in [0.29, 0.717) is 11.0 Å². The van der Waals surface area contributed by atoms with E-state index in [1.807, 2.05) is 18.2 Å². The summed E-state index contributed by atoms with van der Waals surface area (Å²) in [7, 11) is 0. The third-order valence-corrected chi connectivity index (χ3v) is 6.90. The minimum absolute atomic E-state index is 0.0740. The predicted molar refractivity (Wildman–Crippen MR) is 130 cm³/mol. The molecule has 0 bridgehead atoms. The van der Waals surface area contributed by atoms with Crippen molar-refractivity contribution in [3.05, 3.63) is 94.0 Å². The number of hydrogen-bond donors (Lipinski definition) is 2. The van der Waals surface area contributed by atoms with Gasteiger partial charge in [-0.3, -0.25) is 9.59 Å². The van der Waals surface area contributed by atoms with Crippen LogP contribution in [-0.4, -0.2) is 11.8 Å². The Morgan fingerprint density at radius 3 is 2.31 bits per heavy atom. The molecule has 0 saturated heterocycles. The fraction of sp³-hybridized carbons (Fsp3) is 0.0400. The van der Waals surface area contributed by atoms with Crippen LogP contribution in [0.5, 0.6) is 0 Å². The summed E-state index contributed by atoms with van der Waals surface area (Å²) in [5.41, 5.74) is -0.578. The smallest absolute Gasteiger partial charge is 0.416 e. The van der Waals surface area contributed by atoms with Crippen LogP contribution in [0.15, 0.2) is 77.2 Å². The second kappa shape index (κ2) is 8.75. The average Bonchev–Trinajstić information content (AvgIpc) is 3.37. The number of thiophene rings is 1. The van der Waals surface area contributed by atoms with Crippen LogP contribution >= 0.6 is 22.9 Å². The van der Waals surface area contributed by atoms with Crippen molar-refractivity contribution in [2.75, 3.05) is 10.6 Å². The lowest BCUT2D eigenvalue weighted by Gasteiger charge is -2.10. The van der Waals surface area contributed by atoms with Gasteiger partial charge in [0, 0.05) is 21.2 Å². The number of carbonyl (C=O) groups excluding carboxylic acids is 2. The van der Waals surface area contributed by atoms with Crippen molar-refractivity contribution in [2.45, 2.75) is 6.18 Å². The number of amides is 2. The molecule has 5 rings (SSSR count). The lowest BCUT2D eigenvalue weighted by atomic mass is 10.2. The van der Waals surface area contributed by atoms with Gasteiger partial charge in [0.2, 0.25) is 5.76 Å². The van der Waals surface area contributed by atoms with E-state index < -0.39 is 23.6 Å². The molecule has 0 saturated carbocycles. The zero-order valence-electron chi connectivity index (χ0n) is 17.6. The molecule has 2 amide bonds. The van der Waals surface area contributed by atoms with Crippen LogP contribution in [0, 0.1) is 0 Å². The van der Waals surface area contributed by atoms with E-state index in [9.17, 15) is 22.8 Å². The van der Waals surface area contributed by atoms with Crippen molar-refractivity contribution in [1.82, 2.24) is 0 Å². The number of carbonyl (C=O) groups is 2. The summed E-state index contributed by atoms with van der Waals surface area (Å²) in [5, 5.41) is 6.58. The minimum atomic E-state index is -4.57. The van der Waals surface area contributed by atoms with Crippen LogP contribution in [0.4, 0.5) is 24.5 Å². The molecular weight excluding hydrogens is 501 g/mol. The number of hydrogen-bond acceptors (Lipinski definition) is 4. The van der Waals surface area contributed by atoms with Crippen molar-refractivity contribution in [1.29, 1.82) is 0 Å². The number of anilines is 2. The SMILES string of the molecule is O=C(Nc1cccc(C(F)(F)F)c1)c1oc2ccccc2c1NC(=O)c1sc2ccccc2c1Cl. The van der Waals surface area contributed by atoms with Crippen molar-refractivity contribution >= 4 is 67.2 Å². The van der Waals surface area contributed by atoms with E-state index in [1.54, 1.807) is 30.3 Å². The van der Waals surface area contributed by atoms with Crippen LogP contribution in [0.3, 0.4) is 0 Å². The maximum atomic E-state index is 13.2. The van der Waals surface area contributed by atoms with Gasteiger partial charge in [-0.2, -0.15) is 13.2 Å². The Morgan fingerprint density at radius 1 is 0.857 bits per heavy atom. The minimum Gasteiger partial charge on any atom is -0.449 e. The van der Waals surface area contributed by atoms with Gasteiger partial charge in [0.1, 0.15) is 16.1 Å². The molecule has 0 fully saturated rings. The molecule has 2 heterocycles. The number of nitrogens with one attached hydrogen (secondary N) is 2. The molecule has 3 aromatic carbocycles. The first kappa shape index (κ1) is 22.9. The van der Waals surface area contributed by atoms with Gasteiger partial charge >= 0.3 is 6.18 Å². The Morgan fingerprint density at radius 2 is 1.57 bits per heavy atom. The highest BCUT2D eigenvalue weighted by molar-refractivity contribution is 7.21. The fourth-order valence-electron chi connectivity index (χ4n) is 3.62. The van der Waals surface area contributed by atoms with Gasteiger partial charge < -0.3 is 15.1 Å². The fourth-order valence-corrected chi connectivity index (χ4v) is 5.03. The van der Waals surface area contributed by atoms with Gasteiger partial charge in [-0.15, -0.1) is 11.3 Å². The highest BCUT2D eigenvalue weighted by Gasteiger charge is 2.31. The Kier molecular flexibility index (Phi) is 5.74. The third kappa shape index (κ3) is 4.36.